The first-order valence-electron chi connectivity index (χ1n) is 6.58. The van der Waals surface area contributed by atoms with Crippen molar-refractivity contribution < 1.29 is 31.7 Å². The molecular formula is C10H20N4O7S. The summed E-state index contributed by atoms with van der Waals surface area (Å²) in [5.41, 5.74) is 7.66. The number of nitrogens with zero attached hydrogens (tertiary/aromatic N) is 2. The maximum absolute atomic E-state index is 12.0. The second-order valence-corrected chi connectivity index (χ2v) is 5.74. The molecule has 2 atom stereocenters. The Morgan fingerprint density at radius 2 is 2.23 bits per heavy atom. The molecule has 0 aliphatic carbocycles. The van der Waals surface area contributed by atoms with Crippen molar-refractivity contribution >= 4 is 22.3 Å². The Morgan fingerprint density at radius 1 is 1.59 bits per heavy atom. The summed E-state index contributed by atoms with van der Waals surface area (Å²) in [4.78, 5) is 30.0. The van der Waals surface area contributed by atoms with E-state index in [-0.39, 0.29) is 32.2 Å². The molecule has 1 aliphatic rings. The Hall–Kier alpha value is -1.47. The average Bonchev–Trinajstić information content (AvgIpc) is 2.38. The number of carbonyl (C=O) groups excluding carboxylic acids is 2. The van der Waals surface area contributed by atoms with Crippen molar-refractivity contribution in [1.29, 1.82) is 0 Å². The first-order chi connectivity index (χ1) is 10.2. The zero-order valence-corrected chi connectivity index (χ0v) is 13.1. The third-order valence-corrected chi connectivity index (χ3v) is 3.16. The van der Waals surface area contributed by atoms with Crippen LogP contribution in [0.4, 0.5) is 4.79 Å². The molecule has 3 amide bonds. The fraction of sp³-hybridized carbons (Fsp3) is 0.800. The lowest BCUT2D eigenvalue weighted by molar-refractivity contribution is -0.142. The molecule has 1 heterocycles. The van der Waals surface area contributed by atoms with Crippen molar-refractivity contribution in [2.75, 3.05) is 19.7 Å². The van der Waals surface area contributed by atoms with Crippen LogP contribution >= 0.6 is 0 Å². The predicted molar refractivity (Wildman–Crippen MR) is 73.3 cm³/mol. The number of likely N-dealkylation sites (N-methyl/N-ethyl adjacent to an activating group) is 1. The van der Waals surface area contributed by atoms with E-state index in [1.165, 1.54) is 0 Å². The van der Waals surface area contributed by atoms with Gasteiger partial charge in [-0.2, -0.15) is 13.5 Å². The van der Waals surface area contributed by atoms with Gasteiger partial charge >= 0.3 is 16.4 Å². The Balaban J connectivity index is 2.68. The van der Waals surface area contributed by atoms with Gasteiger partial charge in [0, 0.05) is 12.6 Å². The molecule has 1 saturated heterocycles. The number of rotatable bonds is 7. The minimum absolute atomic E-state index is 0.0997. The molecule has 0 spiro atoms. The van der Waals surface area contributed by atoms with E-state index in [0.29, 0.717) is 5.06 Å². The SMILES string of the molecule is CCN1C(=O)N(OS(=O)(=O)O)CC[C@H]1C(=O)NOC[C@H](C)N. The van der Waals surface area contributed by atoms with Crippen LogP contribution in [0.15, 0.2) is 0 Å². The van der Waals surface area contributed by atoms with E-state index in [1.807, 2.05) is 0 Å². The zero-order chi connectivity index (χ0) is 16.9. The number of amides is 3. The van der Waals surface area contributed by atoms with Crippen molar-refractivity contribution in [3.05, 3.63) is 0 Å². The van der Waals surface area contributed by atoms with Crippen LogP contribution in [0, 0.1) is 0 Å². The summed E-state index contributed by atoms with van der Waals surface area (Å²) >= 11 is 0. The highest BCUT2D eigenvalue weighted by Crippen LogP contribution is 2.17. The molecule has 0 aromatic rings. The lowest BCUT2D eigenvalue weighted by atomic mass is 10.1. The lowest BCUT2D eigenvalue weighted by Gasteiger charge is -2.38. The summed E-state index contributed by atoms with van der Waals surface area (Å²) in [6.07, 6.45) is 0.0997. The molecule has 12 heteroatoms. The van der Waals surface area contributed by atoms with Crippen LogP contribution in [0.5, 0.6) is 0 Å². The molecule has 0 unspecified atom stereocenters. The largest absolute Gasteiger partial charge is 0.418 e. The lowest BCUT2D eigenvalue weighted by Crippen LogP contribution is -2.59. The minimum Gasteiger partial charge on any atom is -0.326 e. The predicted octanol–water partition coefficient (Wildman–Crippen LogP) is -1.37. The van der Waals surface area contributed by atoms with Gasteiger partial charge < -0.3 is 10.6 Å². The van der Waals surface area contributed by atoms with E-state index >= 15 is 0 Å². The molecule has 128 valence electrons. The third kappa shape index (κ3) is 5.38. The van der Waals surface area contributed by atoms with Crippen molar-refractivity contribution in [1.82, 2.24) is 15.4 Å². The highest BCUT2D eigenvalue weighted by atomic mass is 32.3. The molecule has 4 N–H and O–H groups in total. The van der Waals surface area contributed by atoms with E-state index in [1.54, 1.807) is 13.8 Å². The fourth-order valence-corrected chi connectivity index (χ4v) is 2.26. The number of nitrogens with one attached hydrogen (secondary N) is 1. The van der Waals surface area contributed by atoms with Gasteiger partial charge in [-0.15, -0.1) is 4.28 Å². The first kappa shape index (κ1) is 18.6. The summed E-state index contributed by atoms with van der Waals surface area (Å²) in [6.45, 7) is 3.36. The standard InChI is InChI=1S/C10H20N4O7S/c1-3-13-8(9(15)12-20-6-7(2)11)4-5-14(10(13)16)21-22(17,18)19/h7-8H,3-6,11H2,1-2H3,(H,12,15)(H,17,18,19)/t7-,8-/m0/s1. The van der Waals surface area contributed by atoms with Gasteiger partial charge in [-0.1, -0.05) is 0 Å². The van der Waals surface area contributed by atoms with Crippen molar-refractivity contribution in [2.45, 2.75) is 32.4 Å². The van der Waals surface area contributed by atoms with Gasteiger partial charge in [0.15, 0.2) is 0 Å². The monoisotopic (exact) mass is 340 g/mol. The summed E-state index contributed by atoms with van der Waals surface area (Å²) < 4.78 is 34.1. The summed E-state index contributed by atoms with van der Waals surface area (Å²) in [7, 11) is -4.81. The van der Waals surface area contributed by atoms with Crippen molar-refractivity contribution in [3.63, 3.8) is 0 Å². The maximum atomic E-state index is 12.0. The Bertz CT molecular complexity index is 509. The minimum atomic E-state index is -4.81. The molecule has 1 rings (SSSR count). The van der Waals surface area contributed by atoms with Gasteiger partial charge in [-0.25, -0.2) is 10.3 Å². The molecule has 1 fully saturated rings. The van der Waals surface area contributed by atoms with Gasteiger partial charge in [0.25, 0.3) is 5.91 Å². The smallest absolute Gasteiger partial charge is 0.326 e. The molecule has 11 nitrogen and oxygen atoms in total. The third-order valence-electron chi connectivity index (χ3n) is 2.79. The van der Waals surface area contributed by atoms with Crippen LogP contribution in [0.2, 0.25) is 0 Å². The normalized spacial score (nSPS) is 20.9. The Morgan fingerprint density at radius 3 is 2.73 bits per heavy atom. The zero-order valence-electron chi connectivity index (χ0n) is 12.3. The van der Waals surface area contributed by atoms with Crippen LogP contribution in [0.25, 0.3) is 0 Å². The first-order valence-corrected chi connectivity index (χ1v) is 7.94. The number of carbonyl (C=O) groups is 2. The Labute approximate surface area is 128 Å². The second kappa shape index (κ2) is 7.69. The van der Waals surface area contributed by atoms with Crippen LogP contribution in [0.1, 0.15) is 20.3 Å². The molecule has 0 bridgehead atoms. The second-order valence-electron chi connectivity index (χ2n) is 4.73. The number of urea groups is 1. The number of nitrogens with two attached hydrogens (primary N) is 1. The molecule has 0 radical (unpaired) electrons. The molecule has 1 aliphatic heterocycles. The number of hydrogen-bond donors (Lipinski definition) is 3. The molecule has 0 aromatic carbocycles. The topological polar surface area (TPSA) is 152 Å². The van der Waals surface area contributed by atoms with E-state index in [0.717, 1.165) is 4.90 Å². The number of hydrogen-bond acceptors (Lipinski definition) is 7. The van der Waals surface area contributed by atoms with Gasteiger partial charge in [-0.3, -0.25) is 14.2 Å². The van der Waals surface area contributed by atoms with Gasteiger partial charge in [-0.05, 0) is 20.3 Å². The van der Waals surface area contributed by atoms with Crippen LogP contribution in [0.3, 0.4) is 0 Å². The van der Waals surface area contributed by atoms with Gasteiger partial charge in [0.1, 0.15) is 6.04 Å². The molecule has 22 heavy (non-hydrogen) atoms. The van der Waals surface area contributed by atoms with E-state index < -0.39 is 28.4 Å². The number of hydroxylamine groups is 3. The highest BCUT2D eigenvalue weighted by molar-refractivity contribution is 7.80. The van der Waals surface area contributed by atoms with Crippen molar-refractivity contribution in [3.8, 4) is 0 Å². The summed E-state index contributed by atoms with van der Waals surface area (Å²) in [5, 5.41) is 0.478. The summed E-state index contributed by atoms with van der Waals surface area (Å²) in [6, 6.07) is -1.96. The Kier molecular flexibility index (Phi) is 6.49. The summed E-state index contributed by atoms with van der Waals surface area (Å²) in [5.74, 6) is -0.553. The van der Waals surface area contributed by atoms with Gasteiger partial charge in [0.05, 0.1) is 13.2 Å². The highest BCUT2D eigenvalue weighted by Gasteiger charge is 2.39. The molecule has 0 aromatic heterocycles. The quantitative estimate of drug-likeness (QED) is 0.379. The molecular weight excluding hydrogens is 320 g/mol. The van der Waals surface area contributed by atoms with E-state index in [9.17, 15) is 18.0 Å². The van der Waals surface area contributed by atoms with Gasteiger partial charge in [0.2, 0.25) is 0 Å². The average molecular weight is 340 g/mol. The molecule has 0 saturated carbocycles. The maximum Gasteiger partial charge on any atom is 0.418 e. The van der Waals surface area contributed by atoms with E-state index in [2.05, 4.69) is 9.76 Å². The van der Waals surface area contributed by atoms with Crippen LogP contribution < -0.4 is 11.2 Å². The van der Waals surface area contributed by atoms with Crippen LogP contribution in [-0.4, -0.2) is 66.7 Å². The van der Waals surface area contributed by atoms with E-state index in [4.69, 9.17) is 15.1 Å². The van der Waals surface area contributed by atoms with Crippen LogP contribution in [-0.2, 0) is 24.3 Å². The fourth-order valence-electron chi connectivity index (χ4n) is 1.89. The van der Waals surface area contributed by atoms with Crippen molar-refractivity contribution in [2.24, 2.45) is 5.73 Å².